The van der Waals surface area contributed by atoms with Gasteiger partial charge < -0.3 is 5.11 Å². The average molecular weight is 212 g/mol. The highest BCUT2D eigenvalue weighted by molar-refractivity contribution is 5.97. The molecule has 0 aliphatic rings. The van der Waals surface area contributed by atoms with Gasteiger partial charge in [-0.25, -0.2) is 4.79 Å². The number of aromatic hydroxyl groups is 1. The Hall–Kier alpha value is -1.85. The zero-order chi connectivity index (χ0) is 11.7. The van der Waals surface area contributed by atoms with E-state index in [9.17, 15) is 19.5 Å². The van der Waals surface area contributed by atoms with Gasteiger partial charge in [0.15, 0.2) is 5.78 Å². The molecule has 6 heteroatoms. The lowest BCUT2D eigenvalue weighted by Crippen LogP contribution is -2.39. The third-order valence-corrected chi connectivity index (χ3v) is 2.23. The van der Waals surface area contributed by atoms with Crippen molar-refractivity contribution in [3.63, 3.8) is 0 Å². The van der Waals surface area contributed by atoms with E-state index in [1.165, 1.54) is 14.1 Å². The lowest BCUT2D eigenvalue weighted by molar-refractivity contribution is 0.0981. The highest BCUT2D eigenvalue weighted by atomic mass is 16.3. The van der Waals surface area contributed by atoms with E-state index in [1.807, 2.05) is 0 Å². The molecule has 15 heavy (non-hydrogen) atoms. The van der Waals surface area contributed by atoms with Crippen LogP contribution in [0.15, 0.2) is 9.59 Å². The zero-order valence-corrected chi connectivity index (χ0v) is 8.77. The zero-order valence-electron chi connectivity index (χ0n) is 8.77. The molecular weight excluding hydrogens is 200 g/mol. The molecule has 1 aromatic heterocycles. The largest absolute Gasteiger partial charge is 0.494 e. The Morgan fingerprint density at radius 3 is 2.27 bits per heavy atom. The summed E-state index contributed by atoms with van der Waals surface area (Å²) in [5, 5.41) is 9.51. The minimum atomic E-state index is -0.762. The first-order chi connectivity index (χ1) is 6.91. The number of rotatable bonds is 2. The fourth-order valence-corrected chi connectivity index (χ4v) is 1.25. The maximum atomic E-state index is 11.5. The van der Waals surface area contributed by atoms with Crippen molar-refractivity contribution in [1.82, 2.24) is 9.13 Å². The van der Waals surface area contributed by atoms with Crippen LogP contribution in [0.3, 0.4) is 0 Å². The number of carbonyl (C=O) groups excluding carboxylic acids is 1. The third-order valence-electron chi connectivity index (χ3n) is 2.23. The van der Waals surface area contributed by atoms with E-state index in [-0.39, 0.29) is 12.0 Å². The summed E-state index contributed by atoms with van der Waals surface area (Å²) in [5.41, 5.74) is -1.75. The van der Waals surface area contributed by atoms with Crippen molar-refractivity contribution in [3.8, 4) is 5.88 Å². The molecule has 82 valence electrons. The van der Waals surface area contributed by atoms with E-state index < -0.39 is 22.9 Å². The average Bonchev–Trinajstić information content (AvgIpc) is 2.23. The van der Waals surface area contributed by atoms with Crippen LogP contribution < -0.4 is 11.2 Å². The van der Waals surface area contributed by atoms with E-state index in [4.69, 9.17) is 0 Å². The van der Waals surface area contributed by atoms with Crippen molar-refractivity contribution in [3.05, 3.63) is 26.4 Å². The molecular formula is C9H12N2O4. The number of hydrogen-bond donors (Lipinski definition) is 1. The van der Waals surface area contributed by atoms with Gasteiger partial charge in [-0.3, -0.25) is 18.7 Å². The van der Waals surface area contributed by atoms with Crippen LogP contribution in [0.5, 0.6) is 5.88 Å². The highest BCUT2D eigenvalue weighted by Crippen LogP contribution is 2.10. The lowest BCUT2D eigenvalue weighted by Gasteiger charge is -2.08. The normalized spacial score (nSPS) is 10.3. The van der Waals surface area contributed by atoms with Gasteiger partial charge in [0, 0.05) is 20.5 Å². The topological polar surface area (TPSA) is 81.3 Å². The second kappa shape index (κ2) is 3.72. The predicted molar refractivity (Wildman–Crippen MR) is 53.2 cm³/mol. The number of aromatic nitrogens is 2. The first-order valence-electron chi connectivity index (χ1n) is 4.44. The number of hydrogen-bond acceptors (Lipinski definition) is 4. The van der Waals surface area contributed by atoms with E-state index in [2.05, 4.69) is 0 Å². The summed E-state index contributed by atoms with van der Waals surface area (Å²) in [5.74, 6) is -1.06. The summed E-state index contributed by atoms with van der Waals surface area (Å²) in [7, 11) is 2.56. The molecule has 0 fully saturated rings. The van der Waals surface area contributed by atoms with Crippen LogP contribution in [-0.4, -0.2) is 20.0 Å². The quantitative estimate of drug-likeness (QED) is 0.662. The molecule has 0 spiro atoms. The van der Waals surface area contributed by atoms with E-state index >= 15 is 0 Å². The standard InChI is InChI=1S/C9H12N2O4/c1-4-5(12)6-7(13)10(2)9(15)11(3)8(6)14/h13H,4H2,1-3H3. The van der Waals surface area contributed by atoms with Gasteiger partial charge >= 0.3 is 5.69 Å². The van der Waals surface area contributed by atoms with Crippen LogP contribution in [0, 0.1) is 0 Å². The Kier molecular flexibility index (Phi) is 2.78. The Labute approximate surface area is 85.4 Å². The van der Waals surface area contributed by atoms with Crippen LogP contribution in [-0.2, 0) is 14.1 Å². The molecule has 1 N–H and O–H groups in total. The van der Waals surface area contributed by atoms with Gasteiger partial charge in [0.25, 0.3) is 5.56 Å². The second-order valence-electron chi connectivity index (χ2n) is 3.18. The van der Waals surface area contributed by atoms with Gasteiger partial charge in [-0.2, -0.15) is 0 Å². The van der Waals surface area contributed by atoms with Crippen molar-refractivity contribution in [2.24, 2.45) is 14.1 Å². The van der Waals surface area contributed by atoms with Gasteiger partial charge in [0.2, 0.25) is 5.88 Å². The van der Waals surface area contributed by atoms with Crippen LogP contribution in [0.25, 0.3) is 0 Å². The van der Waals surface area contributed by atoms with E-state index in [1.54, 1.807) is 6.92 Å². The van der Waals surface area contributed by atoms with Gasteiger partial charge in [-0.15, -0.1) is 0 Å². The molecule has 0 amide bonds. The number of Topliss-reactive ketones (excluding diaryl/α,β-unsaturated/α-hetero) is 1. The lowest BCUT2D eigenvalue weighted by atomic mass is 10.1. The maximum Gasteiger partial charge on any atom is 0.333 e. The molecule has 0 saturated heterocycles. The fourth-order valence-electron chi connectivity index (χ4n) is 1.25. The molecule has 6 nitrogen and oxygen atoms in total. The summed E-state index contributed by atoms with van der Waals surface area (Å²) in [6, 6.07) is 0. The van der Waals surface area contributed by atoms with Crippen molar-refractivity contribution < 1.29 is 9.90 Å². The van der Waals surface area contributed by atoms with E-state index in [0.29, 0.717) is 0 Å². The summed E-state index contributed by atoms with van der Waals surface area (Å²) in [4.78, 5) is 34.2. The molecule has 0 radical (unpaired) electrons. The molecule has 0 saturated carbocycles. The predicted octanol–water partition coefficient (Wildman–Crippen LogP) is -0.618. The van der Waals surface area contributed by atoms with Crippen LogP contribution >= 0.6 is 0 Å². The van der Waals surface area contributed by atoms with Gasteiger partial charge in [-0.1, -0.05) is 6.92 Å². The van der Waals surface area contributed by atoms with Crippen molar-refractivity contribution in [2.75, 3.05) is 0 Å². The first-order valence-corrected chi connectivity index (χ1v) is 4.44. The fraction of sp³-hybridized carbons (Fsp3) is 0.444. The molecule has 1 aromatic rings. The molecule has 0 bridgehead atoms. The van der Waals surface area contributed by atoms with Gasteiger partial charge in [0.05, 0.1) is 0 Å². The van der Waals surface area contributed by atoms with Crippen molar-refractivity contribution in [2.45, 2.75) is 13.3 Å². The number of ketones is 1. The van der Waals surface area contributed by atoms with E-state index in [0.717, 1.165) is 9.13 Å². The van der Waals surface area contributed by atoms with Crippen LogP contribution in [0.1, 0.15) is 23.7 Å². The SMILES string of the molecule is CCC(=O)c1c(O)n(C)c(=O)n(C)c1=O. The van der Waals surface area contributed by atoms with Gasteiger partial charge in [-0.05, 0) is 0 Å². The first kappa shape index (κ1) is 11.2. The number of nitrogens with zero attached hydrogens (tertiary/aromatic N) is 2. The van der Waals surface area contributed by atoms with Crippen molar-refractivity contribution in [1.29, 1.82) is 0 Å². The summed E-state index contributed by atoms with van der Waals surface area (Å²) in [6.45, 7) is 1.58. The smallest absolute Gasteiger partial charge is 0.333 e. The third kappa shape index (κ3) is 1.58. The summed E-state index contributed by atoms with van der Waals surface area (Å²) < 4.78 is 1.66. The molecule has 0 atom stereocenters. The Morgan fingerprint density at radius 2 is 1.80 bits per heavy atom. The Bertz CT molecular complexity index is 524. The van der Waals surface area contributed by atoms with Crippen LogP contribution in [0.4, 0.5) is 0 Å². The summed E-state index contributed by atoms with van der Waals surface area (Å²) in [6.07, 6.45) is 0.0982. The minimum Gasteiger partial charge on any atom is -0.494 e. The molecule has 1 heterocycles. The maximum absolute atomic E-state index is 11.5. The number of carbonyl (C=O) groups is 1. The summed E-state index contributed by atoms with van der Waals surface area (Å²) >= 11 is 0. The Balaban J connectivity index is 3.76. The highest BCUT2D eigenvalue weighted by Gasteiger charge is 2.19. The van der Waals surface area contributed by atoms with Gasteiger partial charge in [0.1, 0.15) is 5.56 Å². The van der Waals surface area contributed by atoms with Crippen LogP contribution in [0.2, 0.25) is 0 Å². The monoisotopic (exact) mass is 212 g/mol. The molecule has 0 aromatic carbocycles. The van der Waals surface area contributed by atoms with Crippen molar-refractivity contribution >= 4 is 5.78 Å². The molecule has 0 aliphatic heterocycles. The second-order valence-corrected chi connectivity index (χ2v) is 3.18. The Morgan fingerprint density at radius 1 is 1.27 bits per heavy atom. The molecule has 0 unspecified atom stereocenters. The molecule has 0 aliphatic carbocycles. The molecule has 1 rings (SSSR count). The minimum absolute atomic E-state index is 0.0982.